The van der Waals surface area contributed by atoms with Crippen molar-refractivity contribution in [3.63, 3.8) is 0 Å². The lowest BCUT2D eigenvalue weighted by Crippen LogP contribution is -2.22. The fraction of sp³-hybridized carbons (Fsp3) is 0.172. The number of aliphatic hydroxyl groups is 1. The molecule has 9 nitrogen and oxygen atoms in total. The fourth-order valence-electron chi connectivity index (χ4n) is 3.50. The van der Waals surface area contributed by atoms with E-state index in [1.165, 1.54) is 6.08 Å². The van der Waals surface area contributed by atoms with E-state index in [-0.39, 0.29) is 12.5 Å². The molecule has 38 heavy (non-hydrogen) atoms. The van der Waals surface area contributed by atoms with E-state index < -0.39 is 0 Å². The van der Waals surface area contributed by atoms with Crippen LogP contribution in [0.1, 0.15) is 12.0 Å². The summed E-state index contributed by atoms with van der Waals surface area (Å²) in [4.78, 5) is 25.8. The zero-order valence-corrected chi connectivity index (χ0v) is 21.2. The number of hydrogen-bond acceptors (Lipinski definition) is 8. The number of ether oxygens (including phenoxy) is 2. The van der Waals surface area contributed by atoms with Crippen molar-refractivity contribution < 1.29 is 19.4 Å². The maximum Gasteiger partial charge on any atom is 0.244 e. The normalized spacial score (nSPS) is 10.8. The van der Waals surface area contributed by atoms with Crippen LogP contribution in [0.4, 0.5) is 11.6 Å². The molecule has 3 N–H and O–H groups in total. The van der Waals surface area contributed by atoms with Crippen LogP contribution in [-0.2, 0) is 4.79 Å². The molecule has 4 aromatic rings. The van der Waals surface area contributed by atoms with Gasteiger partial charge in [-0.25, -0.2) is 4.98 Å². The Morgan fingerprint density at radius 3 is 1.87 bits per heavy atom. The summed E-state index contributed by atoms with van der Waals surface area (Å²) in [5.41, 5.74) is 3.29. The Bertz CT molecular complexity index is 1310. The zero-order valence-electron chi connectivity index (χ0n) is 21.2. The number of nitrogens with one attached hydrogen (secondary N) is 2. The van der Waals surface area contributed by atoms with Crippen LogP contribution < -0.4 is 20.1 Å². The lowest BCUT2D eigenvalue weighted by atomic mass is 10.2. The molecule has 0 saturated carbocycles. The second kappa shape index (κ2) is 13.0. The summed E-state index contributed by atoms with van der Waals surface area (Å²) >= 11 is 0. The molecule has 3 aromatic carbocycles. The first-order chi connectivity index (χ1) is 18.6. The Hall–Kier alpha value is -4.76. The molecule has 0 aliphatic carbocycles. The minimum Gasteiger partial charge on any atom is -0.497 e. The highest BCUT2D eigenvalue weighted by Gasteiger charge is 2.12. The summed E-state index contributed by atoms with van der Waals surface area (Å²) in [6.45, 7) is 0.480. The molecule has 9 heteroatoms. The minimum absolute atomic E-state index is 0.0445. The number of nitrogens with zero attached hydrogens (tertiary/aromatic N) is 3. The lowest BCUT2D eigenvalue weighted by Gasteiger charge is -2.10. The fourth-order valence-corrected chi connectivity index (χ4v) is 3.50. The Morgan fingerprint density at radius 2 is 1.37 bits per heavy atom. The van der Waals surface area contributed by atoms with Gasteiger partial charge in [0.25, 0.3) is 0 Å². The largest absolute Gasteiger partial charge is 0.497 e. The van der Waals surface area contributed by atoms with Crippen molar-refractivity contribution in [1.82, 2.24) is 20.3 Å². The van der Waals surface area contributed by atoms with Gasteiger partial charge in [-0.2, -0.15) is 9.97 Å². The van der Waals surface area contributed by atoms with Crippen LogP contribution in [0.15, 0.2) is 78.9 Å². The molecule has 0 aliphatic rings. The molecular formula is C29H29N5O4. The molecule has 1 heterocycles. The van der Waals surface area contributed by atoms with Crippen molar-refractivity contribution in [1.29, 1.82) is 0 Å². The average Bonchev–Trinajstić information content (AvgIpc) is 2.97. The smallest absolute Gasteiger partial charge is 0.244 e. The number of aliphatic hydroxyl groups excluding tert-OH is 1. The average molecular weight is 512 g/mol. The molecule has 0 bridgehead atoms. The van der Waals surface area contributed by atoms with Crippen LogP contribution >= 0.6 is 0 Å². The van der Waals surface area contributed by atoms with Gasteiger partial charge >= 0.3 is 0 Å². The Labute approximate surface area is 221 Å². The quantitative estimate of drug-likeness (QED) is 0.199. The van der Waals surface area contributed by atoms with E-state index >= 15 is 0 Å². The second-order valence-electron chi connectivity index (χ2n) is 8.21. The van der Waals surface area contributed by atoms with E-state index in [1.807, 2.05) is 72.8 Å². The number of hydrogen-bond donors (Lipinski definition) is 3. The van der Waals surface area contributed by atoms with Gasteiger partial charge in [0.05, 0.1) is 14.2 Å². The summed E-state index contributed by atoms with van der Waals surface area (Å²) in [5, 5.41) is 14.8. The van der Waals surface area contributed by atoms with Crippen molar-refractivity contribution in [3.8, 4) is 34.3 Å². The number of carbonyl (C=O) groups excluding carboxylic acids is 1. The predicted octanol–water partition coefficient (Wildman–Crippen LogP) is 4.48. The van der Waals surface area contributed by atoms with Crippen LogP contribution in [-0.4, -0.2) is 53.3 Å². The van der Waals surface area contributed by atoms with Gasteiger partial charge in [-0.15, -0.1) is 0 Å². The summed E-state index contributed by atoms with van der Waals surface area (Å²) < 4.78 is 10.5. The van der Waals surface area contributed by atoms with Crippen LogP contribution in [0.25, 0.3) is 28.9 Å². The van der Waals surface area contributed by atoms with Crippen molar-refractivity contribution in [3.05, 3.63) is 84.4 Å². The number of amides is 1. The first kappa shape index (κ1) is 26.3. The van der Waals surface area contributed by atoms with Crippen LogP contribution in [0, 0.1) is 0 Å². The van der Waals surface area contributed by atoms with Gasteiger partial charge in [-0.3, -0.25) is 4.79 Å². The van der Waals surface area contributed by atoms with Crippen molar-refractivity contribution in [2.75, 3.05) is 32.7 Å². The molecule has 0 saturated heterocycles. The third-order valence-corrected chi connectivity index (χ3v) is 5.56. The Kier molecular flexibility index (Phi) is 8.98. The molecule has 1 aromatic heterocycles. The van der Waals surface area contributed by atoms with Gasteiger partial charge < -0.3 is 25.2 Å². The number of carbonyl (C=O) groups is 1. The maximum atomic E-state index is 11.8. The van der Waals surface area contributed by atoms with Crippen LogP contribution in [0.5, 0.6) is 11.5 Å². The molecule has 0 aliphatic heterocycles. The van der Waals surface area contributed by atoms with Crippen LogP contribution in [0.3, 0.4) is 0 Å². The number of rotatable bonds is 11. The Morgan fingerprint density at radius 1 is 0.816 bits per heavy atom. The van der Waals surface area contributed by atoms with Crippen molar-refractivity contribution in [2.45, 2.75) is 6.42 Å². The van der Waals surface area contributed by atoms with Gasteiger partial charge in [-0.05, 0) is 78.7 Å². The molecular weight excluding hydrogens is 482 g/mol. The standard InChI is InChI=1S/C29H29N5O4/c1-37-24-13-7-21(8-14-24)27-32-28(22-9-15-25(38-2)16-10-22)34-29(33-27)31-23-11-4-20(5-12-23)6-17-26(36)30-18-3-19-35/h4-17,35H,3,18-19H2,1-2H3,(H,30,36)(H,31,32,33,34)/b17-6+. The molecule has 0 spiro atoms. The molecule has 1 amide bonds. The highest BCUT2D eigenvalue weighted by molar-refractivity contribution is 5.91. The van der Waals surface area contributed by atoms with Gasteiger partial charge in [0.2, 0.25) is 11.9 Å². The third kappa shape index (κ3) is 7.14. The van der Waals surface area contributed by atoms with E-state index in [1.54, 1.807) is 20.3 Å². The van der Waals surface area contributed by atoms with Gasteiger partial charge in [0, 0.05) is 36.0 Å². The third-order valence-electron chi connectivity index (χ3n) is 5.56. The lowest BCUT2D eigenvalue weighted by molar-refractivity contribution is -0.116. The molecule has 0 atom stereocenters. The number of anilines is 2. The number of benzene rings is 3. The second-order valence-corrected chi connectivity index (χ2v) is 8.21. The summed E-state index contributed by atoms with van der Waals surface area (Å²) in [6, 6.07) is 22.6. The van der Waals surface area contributed by atoms with Crippen molar-refractivity contribution >= 4 is 23.6 Å². The minimum atomic E-state index is -0.206. The summed E-state index contributed by atoms with van der Waals surface area (Å²) in [7, 11) is 3.24. The van der Waals surface area contributed by atoms with Gasteiger partial charge in [0.1, 0.15) is 11.5 Å². The molecule has 0 unspecified atom stereocenters. The van der Waals surface area contributed by atoms with E-state index in [0.717, 1.165) is 33.9 Å². The summed E-state index contributed by atoms with van der Waals surface area (Å²) in [6.07, 6.45) is 3.72. The van der Waals surface area contributed by atoms with Gasteiger partial charge in [-0.1, -0.05) is 12.1 Å². The van der Waals surface area contributed by atoms with Crippen molar-refractivity contribution in [2.24, 2.45) is 0 Å². The molecule has 0 radical (unpaired) electrons. The predicted molar refractivity (Wildman–Crippen MR) is 147 cm³/mol. The zero-order chi connectivity index (χ0) is 26.7. The first-order valence-corrected chi connectivity index (χ1v) is 12.1. The van der Waals surface area contributed by atoms with Crippen LogP contribution in [0.2, 0.25) is 0 Å². The first-order valence-electron chi connectivity index (χ1n) is 12.1. The highest BCUT2D eigenvalue weighted by Crippen LogP contribution is 2.26. The number of methoxy groups -OCH3 is 2. The SMILES string of the molecule is COc1ccc(-c2nc(Nc3ccc(/C=C/C(=O)NCCCO)cc3)nc(-c3ccc(OC)cc3)n2)cc1. The van der Waals surface area contributed by atoms with E-state index in [0.29, 0.717) is 30.6 Å². The Balaban J connectivity index is 1.57. The van der Waals surface area contributed by atoms with E-state index in [4.69, 9.17) is 19.6 Å². The molecule has 4 rings (SSSR count). The van der Waals surface area contributed by atoms with E-state index in [9.17, 15) is 4.79 Å². The monoisotopic (exact) mass is 511 g/mol. The topological polar surface area (TPSA) is 118 Å². The maximum absolute atomic E-state index is 11.8. The van der Waals surface area contributed by atoms with Gasteiger partial charge in [0.15, 0.2) is 11.6 Å². The highest BCUT2D eigenvalue weighted by atomic mass is 16.5. The number of aromatic nitrogens is 3. The molecule has 194 valence electrons. The molecule has 0 fully saturated rings. The summed E-state index contributed by atoms with van der Waals surface area (Å²) in [5.74, 6) is 2.71. The van der Waals surface area contributed by atoms with E-state index in [2.05, 4.69) is 20.6 Å².